The highest BCUT2D eigenvalue weighted by Crippen LogP contribution is 2.06. The average molecular weight is 230 g/mol. The number of carbonyl (C=O) groups excluding carboxylic acids is 1. The number of amides is 2. The van der Waals surface area contributed by atoms with Gasteiger partial charge in [-0.3, -0.25) is 0 Å². The molecule has 2 unspecified atom stereocenters. The van der Waals surface area contributed by atoms with Crippen molar-refractivity contribution in [2.24, 2.45) is 0 Å². The highest BCUT2D eigenvalue weighted by atomic mass is 16.5. The van der Waals surface area contributed by atoms with E-state index in [2.05, 4.69) is 5.32 Å². The minimum Gasteiger partial charge on any atom is -0.392 e. The zero-order valence-electron chi connectivity index (χ0n) is 10.3. The van der Waals surface area contributed by atoms with Crippen molar-refractivity contribution in [3.8, 4) is 0 Å². The number of aliphatic hydroxyl groups excluding tert-OH is 1. The molecule has 0 aromatic heterocycles. The largest absolute Gasteiger partial charge is 0.392 e. The van der Waals surface area contributed by atoms with Gasteiger partial charge in [0.05, 0.1) is 18.8 Å². The van der Waals surface area contributed by atoms with Crippen LogP contribution in [0, 0.1) is 0 Å². The third-order valence-electron chi connectivity index (χ3n) is 2.60. The second kappa shape index (κ2) is 6.06. The van der Waals surface area contributed by atoms with Gasteiger partial charge >= 0.3 is 6.03 Å². The number of hydrogen-bond donors (Lipinski definition) is 2. The molecule has 1 aliphatic rings. The minimum absolute atomic E-state index is 0.0805. The summed E-state index contributed by atoms with van der Waals surface area (Å²) in [7, 11) is 0. The first kappa shape index (κ1) is 13.3. The van der Waals surface area contributed by atoms with Crippen LogP contribution in [0.5, 0.6) is 0 Å². The summed E-state index contributed by atoms with van der Waals surface area (Å²) in [6.45, 7) is 7.22. The van der Waals surface area contributed by atoms with E-state index in [1.807, 2.05) is 13.8 Å². The molecule has 0 aromatic carbocycles. The first-order chi connectivity index (χ1) is 7.50. The molecule has 0 saturated carbocycles. The molecule has 1 heterocycles. The first-order valence-corrected chi connectivity index (χ1v) is 5.83. The van der Waals surface area contributed by atoms with Gasteiger partial charge < -0.3 is 20.1 Å². The topological polar surface area (TPSA) is 61.8 Å². The molecule has 5 nitrogen and oxygen atoms in total. The highest BCUT2D eigenvalue weighted by molar-refractivity contribution is 5.74. The van der Waals surface area contributed by atoms with Gasteiger partial charge in [-0.05, 0) is 27.2 Å². The maximum atomic E-state index is 11.9. The van der Waals surface area contributed by atoms with Crippen molar-refractivity contribution in [2.45, 2.75) is 45.4 Å². The van der Waals surface area contributed by atoms with Crippen LogP contribution in [0.1, 0.15) is 27.2 Å². The van der Waals surface area contributed by atoms with Crippen LogP contribution in [0.25, 0.3) is 0 Å². The second-order valence-electron chi connectivity index (χ2n) is 4.61. The van der Waals surface area contributed by atoms with Gasteiger partial charge in [-0.15, -0.1) is 0 Å². The van der Waals surface area contributed by atoms with E-state index in [-0.39, 0.29) is 18.1 Å². The lowest BCUT2D eigenvalue weighted by atomic mass is 10.2. The molecule has 1 fully saturated rings. The van der Waals surface area contributed by atoms with Crippen LogP contribution in [-0.4, -0.2) is 54.0 Å². The second-order valence-corrected chi connectivity index (χ2v) is 4.61. The molecule has 16 heavy (non-hydrogen) atoms. The van der Waals surface area contributed by atoms with E-state index < -0.39 is 6.10 Å². The highest BCUT2D eigenvalue weighted by Gasteiger charge is 2.23. The van der Waals surface area contributed by atoms with Crippen molar-refractivity contribution >= 4 is 6.03 Å². The number of hydrogen-bond acceptors (Lipinski definition) is 3. The van der Waals surface area contributed by atoms with Gasteiger partial charge in [-0.1, -0.05) is 0 Å². The van der Waals surface area contributed by atoms with E-state index in [9.17, 15) is 9.90 Å². The Hall–Kier alpha value is -0.810. The molecule has 1 saturated heterocycles. The molecule has 0 radical (unpaired) electrons. The summed E-state index contributed by atoms with van der Waals surface area (Å²) in [5.74, 6) is 0. The first-order valence-electron chi connectivity index (χ1n) is 5.83. The maximum absolute atomic E-state index is 11.9. The van der Waals surface area contributed by atoms with Crippen LogP contribution in [0.15, 0.2) is 0 Å². The van der Waals surface area contributed by atoms with Gasteiger partial charge in [-0.25, -0.2) is 4.79 Å². The lowest BCUT2D eigenvalue weighted by Gasteiger charge is -2.29. The van der Waals surface area contributed by atoms with E-state index >= 15 is 0 Å². The molecule has 1 rings (SSSR count). The van der Waals surface area contributed by atoms with Crippen LogP contribution >= 0.6 is 0 Å². The molecule has 2 amide bonds. The fourth-order valence-corrected chi connectivity index (χ4v) is 1.72. The quantitative estimate of drug-likeness (QED) is 0.742. The summed E-state index contributed by atoms with van der Waals surface area (Å²) < 4.78 is 5.20. The fraction of sp³-hybridized carbons (Fsp3) is 0.909. The average Bonchev–Trinajstić information content (AvgIpc) is 2.65. The summed E-state index contributed by atoms with van der Waals surface area (Å²) in [4.78, 5) is 13.6. The molecule has 0 aliphatic carbocycles. The van der Waals surface area contributed by atoms with Gasteiger partial charge in [0.15, 0.2) is 0 Å². The Morgan fingerprint density at radius 2 is 2.25 bits per heavy atom. The third-order valence-corrected chi connectivity index (χ3v) is 2.60. The van der Waals surface area contributed by atoms with Crippen LogP contribution in [0.2, 0.25) is 0 Å². The van der Waals surface area contributed by atoms with E-state index in [1.165, 1.54) is 0 Å². The SMILES string of the molecule is CC(O)CN(C(=O)NC1CCOC1)C(C)C. The van der Waals surface area contributed by atoms with Crippen LogP contribution in [0.3, 0.4) is 0 Å². The molecule has 0 bridgehead atoms. The van der Waals surface area contributed by atoms with E-state index in [0.29, 0.717) is 19.8 Å². The Morgan fingerprint density at radius 1 is 1.56 bits per heavy atom. The predicted molar refractivity (Wildman–Crippen MR) is 61.3 cm³/mol. The molecule has 0 aromatic rings. The Bertz CT molecular complexity index is 225. The van der Waals surface area contributed by atoms with Crippen LogP contribution < -0.4 is 5.32 Å². The summed E-state index contributed by atoms with van der Waals surface area (Å²) in [5, 5.41) is 12.3. The molecular formula is C11H22N2O3. The van der Waals surface area contributed by atoms with Crippen molar-refractivity contribution in [1.82, 2.24) is 10.2 Å². The Kier molecular flexibility index (Phi) is 5.02. The van der Waals surface area contributed by atoms with Gasteiger partial charge in [-0.2, -0.15) is 0 Å². The number of ether oxygens (including phenoxy) is 1. The van der Waals surface area contributed by atoms with Crippen molar-refractivity contribution in [3.05, 3.63) is 0 Å². The molecule has 2 atom stereocenters. The monoisotopic (exact) mass is 230 g/mol. The molecule has 5 heteroatoms. The summed E-state index contributed by atoms with van der Waals surface area (Å²) in [6, 6.07) is 0.0751. The minimum atomic E-state index is -0.507. The van der Waals surface area contributed by atoms with Gasteiger partial charge in [0.1, 0.15) is 0 Å². The van der Waals surface area contributed by atoms with E-state index in [0.717, 1.165) is 6.42 Å². The zero-order valence-corrected chi connectivity index (χ0v) is 10.3. The molecule has 1 aliphatic heterocycles. The van der Waals surface area contributed by atoms with Gasteiger partial charge in [0, 0.05) is 19.2 Å². The lowest BCUT2D eigenvalue weighted by Crippen LogP contribution is -2.50. The molecule has 0 spiro atoms. The standard InChI is InChI=1S/C11H22N2O3/c1-8(2)13(6-9(3)14)11(15)12-10-4-5-16-7-10/h8-10,14H,4-7H2,1-3H3,(H,12,15). The van der Waals surface area contributed by atoms with Crippen molar-refractivity contribution in [1.29, 1.82) is 0 Å². The van der Waals surface area contributed by atoms with Crippen LogP contribution in [-0.2, 0) is 4.74 Å². The van der Waals surface area contributed by atoms with Crippen LogP contribution in [0.4, 0.5) is 4.79 Å². The summed E-state index contributed by atoms with van der Waals surface area (Å²) in [5.41, 5.74) is 0. The van der Waals surface area contributed by atoms with Gasteiger partial charge in [0.25, 0.3) is 0 Å². The number of urea groups is 1. The Balaban J connectivity index is 2.46. The molecule has 94 valence electrons. The lowest BCUT2D eigenvalue weighted by molar-refractivity contribution is 0.116. The Morgan fingerprint density at radius 3 is 2.69 bits per heavy atom. The van der Waals surface area contributed by atoms with Crippen molar-refractivity contribution in [3.63, 3.8) is 0 Å². The molecule has 2 N–H and O–H groups in total. The fourth-order valence-electron chi connectivity index (χ4n) is 1.72. The Labute approximate surface area is 96.8 Å². The zero-order chi connectivity index (χ0) is 12.1. The number of nitrogens with zero attached hydrogens (tertiary/aromatic N) is 1. The van der Waals surface area contributed by atoms with Crippen molar-refractivity contribution in [2.75, 3.05) is 19.8 Å². The number of rotatable bonds is 4. The smallest absolute Gasteiger partial charge is 0.318 e. The van der Waals surface area contributed by atoms with E-state index in [4.69, 9.17) is 4.74 Å². The molecular weight excluding hydrogens is 208 g/mol. The normalized spacial score (nSPS) is 22.2. The predicted octanol–water partition coefficient (Wildman–Crippen LogP) is 0.576. The van der Waals surface area contributed by atoms with Crippen molar-refractivity contribution < 1.29 is 14.6 Å². The maximum Gasteiger partial charge on any atom is 0.318 e. The summed E-state index contributed by atoms with van der Waals surface area (Å²) in [6.07, 6.45) is 0.361. The summed E-state index contributed by atoms with van der Waals surface area (Å²) >= 11 is 0. The third kappa shape index (κ3) is 3.98. The van der Waals surface area contributed by atoms with Gasteiger partial charge in [0.2, 0.25) is 0 Å². The number of nitrogens with one attached hydrogen (secondary N) is 1. The number of aliphatic hydroxyl groups is 1. The van der Waals surface area contributed by atoms with E-state index in [1.54, 1.807) is 11.8 Å². The number of carbonyl (C=O) groups is 1.